The van der Waals surface area contributed by atoms with E-state index in [2.05, 4.69) is 26.9 Å². The maximum Gasteiger partial charge on any atom is 0.278 e. The minimum atomic E-state index is -0.252. The van der Waals surface area contributed by atoms with Gasteiger partial charge in [0.05, 0.1) is 0 Å². The SMILES string of the molecule is CCCCCCCCCCCCCCCCCc1nc2nc(N)[nH]c(=O)c2[nH]1. The number of nitrogens with zero attached hydrogens (tertiary/aromatic N) is 2. The van der Waals surface area contributed by atoms with Gasteiger partial charge in [0.15, 0.2) is 11.2 Å². The molecular formula is C22H39N5O. The Bertz CT molecular complexity index is 721. The van der Waals surface area contributed by atoms with Crippen molar-refractivity contribution in [1.82, 2.24) is 19.9 Å². The number of nitrogens with one attached hydrogen (secondary N) is 2. The molecule has 0 unspecified atom stereocenters. The van der Waals surface area contributed by atoms with Crippen molar-refractivity contribution in [2.75, 3.05) is 5.73 Å². The van der Waals surface area contributed by atoms with Crippen molar-refractivity contribution in [3.63, 3.8) is 0 Å². The standard InChI is InChI=1S/C22H39N5O/c1-2-3-4-5-6-7-8-9-10-11-12-13-14-15-16-17-18-24-19-20(25-18)26-22(23)27-21(19)28/h2-17H2,1H3,(H4,23,24,25,26,27,28). The molecule has 0 aliphatic rings. The number of nitrogen functional groups attached to an aromatic ring is 1. The topological polar surface area (TPSA) is 100 Å². The fraction of sp³-hybridized carbons (Fsp3) is 0.773. The van der Waals surface area contributed by atoms with Crippen molar-refractivity contribution in [3.8, 4) is 0 Å². The molecule has 0 saturated carbocycles. The third-order valence-corrected chi connectivity index (χ3v) is 5.45. The zero-order valence-electron chi connectivity index (χ0n) is 17.7. The van der Waals surface area contributed by atoms with Crippen LogP contribution in [0.3, 0.4) is 0 Å². The van der Waals surface area contributed by atoms with Crippen molar-refractivity contribution >= 4 is 17.1 Å². The predicted molar refractivity (Wildman–Crippen MR) is 118 cm³/mol. The van der Waals surface area contributed by atoms with Crippen LogP contribution in [0, 0.1) is 0 Å². The largest absolute Gasteiger partial charge is 0.369 e. The Labute approximate surface area is 169 Å². The molecular weight excluding hydrogens is 350 g/mol. The number of hydrogen-bond acceptors (Lipinski definition) is 4. The van der Waals surface area contributed by atoms with Gasteiger partial charge in [0.1, 0.15) is 5.82 Å². The van der Waals surface area contributed by atoms with E-state index in [0.717, 1.165) is 18.7 Å². The maximum absolute atomic E-state index is 11.8. The number of nitrogens with two attached hydrogens (primary N) is 1. The maximum atomic E-state index is 11.8. The van der Waals surface area contributed by atoms with Crippen LogP contribution in [0.25, 0.3) is 11.2 Å². The molecule has 0 fully saturated rings. The number of aryl methyl sites for hydroxylation is 1. The molecule has 2 aromatic heterocycles. The fourth-order valence-electron chi connectivity index (χ4n) is 3.75. The smallest absolute Gasteiger partial charge is 0.278 e. The minimum Gasteiger partial charge on any atom is -0.369 e. The lowest BCUT2D eigenvalue weighted by molar-refractivity contribution is 0.531. The highest BCUT2D eigenvalue weighted by Gasteiger charge is 2.08. The summed E-state index contributed by atoms with van der Waals surface area (Å²) in [5.41, 5.74) is 6.13. The lowest BCUT2D eigenvalue weighted by Crippen LogP contribution is -2.10. The highest BCUT2D eigenvalue weighted by molar-refractivity contribution is 5.70. The molecule has 0 aromatic carbocycles. The van der Waals surface area contributed by atoms with Crippen LogP contribution in [0.2, 0.25) is 0 Å². The Morgan fingerprint density at radius 1 is 0.714 bits per heavy atom. The van der Waals surface area contributed by atoms with Gasteiger partial charge in [-0.15, -0.1) is 0 Å². The molecule has 6 nitrogen and oxygen atoms in total. The number of hydrogen-bond donors (Lipinski definition) is 3. The van der Waals surface area contributed by atoms with Crippen LogP contribution in [-0.4, -0.2) is 19.9 Å². The normalized spacial score (nSPS) is 11.5. The Morgan fingerprint density at radius 3 is 1.75 bits per heavy atom. The van der Waals surface area contributed by atoms with Gasteiger partial charge in [0, 0.05) is 6.42 Å². The van der Waals surface area contributed by atoms with Crippen molar-refractivity contribution in [2.24, 2.45) is 0 Å². The van der Waals surface area contributed by atoms with E-state index in [4.69, 9.17) is 5.73 Å². The molecule has 0 aliphatic carbocycles. The third-order valence-electron chi connectivity index (χ3n) is 5.45. The van der Waals surface area contributed by atoms with E-state index in [-0.39, 0.29) is 11.5 Å². The summed E-state index contributed by atoms with van der Waals surface area (Å²) in [5, 5.41) is 0. The molecule has 0 radical (unpaired) electrons. The van der Waals surface area contributed by atoms with Crippen LogP contribution in [0.15, 0.2) is 4.79 Å². The van der Waals surface area contributed by atoms with Gasteiger partial charge in [-0.2, -0.15) is 4.98 Å². The first kappa shape index (κ1) is 22.4. The van der Waals surface area contributed by atoms with Gasteiger partial charge in [-0.25, -0.2) is 4.98 Å². The molecule has 0 amide bonds. The lowest BCUT2D eigenvalue weighted by Gasteiger charge is -2.03. The molecule has 0 atom stereocenters. The molecule has 2 heterocycles. The molecule has 0 bridgehead atoms. The molecule has 2 aromatic rings. The molecule has 6 heteroatoms. The summed E-state index contributed by atoms with van der Waals surface area (Å²) in [6.07, 6.45) is 21.2. The van der Waals surface area contributed by atoms with Crippen LogP contribution >= 0.6 is 0 Å². The van der Waals surface area contributed by atoms with Crippen LogP contribution in [0.5, 0.6) is 0 Å². The summed E-state index contributed by atoms with van der Waals surface area (Å²) in [6.45, 7) is 2.28. The number of aromatic nitrogens is 4. The van der Waals surface area contributed by atoms with Crippen molar-refractivity contribution in [2.45, 2.75) is 110 Å². The van der Waals surface area contributed by atoms with Gasteiger partial charge in [-0.1, -0.05) is 96.8 Å². The first-order valence-electron chi connectivity index (χ1n) is 11.4. The monoisotopic (exact) mass is 389 g/mol. The van der Waals surface area contributed by atoms with Crippen molar-refractivity contribution in [1.29, 1.82) is 0 Å². The number of anilines is 1. The number of imidazole rings is 1. The third kappa shape index (κ3) is 8.44. The average molecular weight is 390 g/mol. The van der Waals surface area contributed by atoms with Gasteiger partial charge in [-0.3, -0.25) is 9.78 Å². The molecule has 0 aliphatic heterocycles. The van der Waals surface area contributed by atoms with E-state index in [1.165, 1.54) is 89.9 Å². The zero-order chi connectivity index (χ0) is 20.0. The molecule has 0 spiro atoms. The van der Waals surface area contributed by atoms with Crippen molar-refractivity contribution in [3.05, 3.63) is 16.2 Å². The number of fused-ring (bicyclic) bond motifs is 1. The van der Waals surface area contributed by atoms with Gasteiger partial charge in [0.25, 0.3) is 5.56 Å². The highest BCUT2D eigenvalue weighted by atomic mass is 16.1. The second-order valence-corrected chi connectivity index (χ2v) is 8.03. The number of unbranched alkanes of at least 4 members (excludes halogenated alkanes) is 14. The van der Waals surface area contributed by atoms with Gasteiger partial charge in [0.2, 0.25) is 5.95 Å². The fourth-order valence-corrected chi connectivity index (χ4v) is 3.75. The van der Waals surface area contributed by atoms with E-state index in [1.807, 2.05) is 0 Å². The minimum absolute atomic E-state index is 0.113. The Kier molecular flexibility index (Phi) is 10.7. The molecule has 4 N–H and O–H groups in total. The van der Waals surface area contributed by atoms with E-state index in [9.17, 15) is 4.79 Å². The highest BCUT2D eigenvalue weighted by Crippen LogP contribution is 2.14. The van der Waals surface area contributed by atoms with E-state index in [0.29, 0.717) is 11.2 Å². The Hall–Kier alpha value is -1.85. The lowest BCUT2D eigenvalue weighted by atomic mass is 10.0. The second kappa shape index (κ2) is 13.3. The first-order valence-corrected chi connectivity index (χ1v) is 11.4. The summed E-state index contributed by atoms with van der Waals surface area (Å²) >= 11 is 0. The Morgan fingerprint density at radius 2 is 1.21 bits per heavy atom. The molecule has 158 valence electrons. The van der Waals surface area contributed by atoms with Crippen molar-refractivity contribution < 1.29 is 0 Å². The van der Waals surface area contributed by atoms with Gasteiger partial charge in [-0.05, 0) is 6.42 Å². The van der Waals surface area contributed by atoms with E-state index >= 15 is 0 Å². The second-order valence-electron chi connectivity index (χ2n) is 8.03. The quantitative estimate of drug-likeness (QED) is 0.323. The summed E-state index contributed by atoms with van der Waals surface area (Å²) in [6, 6.07) is 0. The van der Waals surface area contributed by atoms with E-state index in [1.54, 1.807) is 0 Å². The molecule has 28 heavy (non-hydrogen) atoms. The molecule has 0 saturated heterocycles. The summed E-state index contributed by atoms with van der Waals surface area (Å²) in [7, 11) is 0. The summed E-state index contributed by atoms with van der Waals surface area (Å²) in [4.78, 5) is 25.8. The van der Waals surface area contributed by atoms with Crippen LogP contribution in [0.4, 0.5) is 5.95 Å². The van der Waals surface area contributed by atoms with Crippen LogP contribution in [-0.2, 0) is 6.42 Å². The average Bonchev–Trinajstić information content (AvgIpc) is 3.08. The Balaban J connectivity index is 1.42. The van der Waals surface area contributed by atoms with Gasteiger partial charge >= 0.3 is 0 Å². The predicted octanol–water partition coefficient (Wildman–Crippen LogP) is 5.64. The van der Waals surface area contributed by atoms with Crippen LogP contribution < -0.4 is 11.3 Å². The van der Waals surface area contributed by atoms with Gasteiger partial charge < -0.3 is 10.7 Å². The number of aromatic amines is 2. The van der Waals surface area contributed by atoms with E-state index < -0.39 is 0 Å². The summed E-state index contributed by atoms with van der Waals surface area (Å²) < 4.78 is 0. The zero-order valence-corrected chi connectivity index (χ0v) is 17.7. The number of rotatable bonds is 16. The molecule has 2 rings (SSSR count). The number of H-pyrrole nitrogens is 2. The van der Waals surface area contributed by atoms with Crippen LogP contribution in [0.1, 0.15) is 109 Å². The first-order chi connectivity index (χ1) is 13.7. The summed E-state index contributed by atoms with van der Waals surface area (Å²) in [5.74, 6) is 0.941.